The molecule has 2 aromatic heterocycles. The molecular formula is C61H46N4. The van der Waals surface area contributed by atoms with E-state index >= 15 is 0 Å². The second-order valence-corrected chi connectivity index (χ2v) is 17.9. The molecule has 4 nitrogen and oxygen atoms in total. The summed E-state index contributed by atoms with van der Waals surface area (Å²) < 4.78 is 2.34. The highest BCUT2D eigenvalue weighted by Crippen LogP contribution is 2.51. The van der Waals surface area contributed by atoms with Crippen LogP contribution in [0.1, 0.15) is 45.2 Å². The van der Waals surface area contributed by atoms with E-state index in [0.29, 0.717) is 17.6 Å². The van der Waals surface area contributed by atoms with E-state index in [-0.39, 0.29) is 5.41 Å². The molecule has 310 valence electrons. The zero-order valence-electron chi connectivity index (χ0n) is 37.0. The van der Waals surface area contributed by atoms with Crippen LogP contribution < -0.4 is 0 Å². The second kappa shape index (κ2) is 15.1. The van der Waals surface area contributed by atoms with Crippen LogP contribution in [0, 0.1) is 0 Å². The van der Waals surface area contributed by atoms with E-state index < -0.39 is 0 Å². The van der Waals surface area contributed by atoms with Crippen molar-refractivity contribution in [1.82, 2.24) is 19.5 Å². The van der Waals surface area contributed by atoms with Gasteiger partial charge in [-0.2, -0.15) is 9.97 Å². The van der Waals surface area contributed by atoms with E-state index in [1.807, 2.05) is 0 Å². The van der Waals surface area contributed by atoms with Crippen LogP contribution in [0.5, 0.6) is 0 Å². The predicted molar refractivity (Wildman–Crippen MR) is 274 cm³/mol. The van der Waals surface area contributed by atoms with Gasteiger partial charge in [-0.15, -0.1) is 0 Å². The molecule has 0 saturated carbocycles. The number of nitrogens with zero attached hydrogens (tertiary/aromatic N) is 4. The van der Waals surface area contributed by atoms with Crippen LogP contribution in [0.25, 0.3) is 116 Å². The first-order valence-corrected chi connectivity index (χ1v) is 22.8. The molecule has 0 amide bonds. The van der Waals surface area contributed by atoms with Gasteiger partial charge in [0.2, 0.25) is 5.95 Å². The molecule has 1 aliphatic rings. The molecule has 0 unspecified atom stereocenters. The molecule has 2 heterocycles. The van der Waals surface area contributed by atoms with Crippen molar-refractivity contribution < 1.29 is 0 Å². The third-order valence-corrected chi connectivity index (χ3v) is 13.4. The van der Waals surface area contributed by atoms with Gasteiger partial charge in [0.05, 0.1) is 11.0 Å². The molecule has 0 saturated heterocycles. The first kappa shape index (κ1) is 38.7. The maximum absolute atomic E-state index is 5.51. The van der Waals surface area contributed by atoms with Gasteiger partial charge in [0, 0.05) is 38.3 Å². The maximum Gasteiger partial charge on any atom is 0.238 e. The lowest BCUT2D eigenvalue weighted by atomic mass is 9.82. The molecule has 0 aliphatic heterocycles. The zero-order chi connectivity index (χ0) is 43.8. The fourth-order valence-corrected chi connectivity index (χ4v) is 10.4. The molecule has 65 heavy (non-hydrogen) atoms. The van der Waals surface area contributed by atoms with Crippen molar-refractivity contribution in [3.63, 3.8) is 0 Å². The molecule has 0 N–H and O–H groups in total. The van der Waals surface area contributed by atoms with Crippen LogP contribution in [0.15, 0.2) is 194 Å². The van der Waals surface area contributed by atoms with Gasteiger partial charge in [0.15, 0.2) is 11.6 Å². The third-order valence-electron chi connectivity index (χ3n) is 13.4. The largest absolute Gasteiger partial charge is 0.277 e. The number of para-hydroxylation sites is 1. The second-order valence-electron chi connectivity index (χ2n) is 17.9. The van der Waals surface area contributed by atoms with Gasteiger partial charge in [-0.25, -0.2) is 4.98 Å². The number of hydrogen-bond acceptors (Lipinski definition) is 3. The Labute approximate surface area is 378 Å². The Morgan fingerprint density at radius 2 is 0.877 bits per heavy atom. The summed E-state index contributed by atoms with van der Waals surface area (Å²) in [6, 6.07) is 70.2. The van der Waals surface area contributed by atoms with Crippen molar-refractivity contribution in [2.24, 2.45) is 0 Å². The standard InChI is InChI=1S/C58H38N4.C3H8/c1-58(2)50-25-12-11-20-45(50)49-34-39(30-31-51(49)58)42-23-13-24-48-52-46-21-9-7-18-43(46)44-19-8-10-22-47(44)54(52)62(53(42)48)57-60-55(40-28-26-35-14-3-5-16-37(35)32-40)59-56(61-57)41-29-27-36-15-4-6-17-38(36)33-41;1-3-2/h3-34H,1-2H3;3H2,1-2H3. The Morgan fingerprint density at radius 3 is 1.54 bits per heavy atom. The van der Waals surface area contributed by atoms with Crippen LogP contribution >= 0.6 is 0 Å². The Kier molecular flexibility index (Phi) is 8.99. The van der Waals surface area contributed by atoms with E-state index in [0.717, 1.165) is 54.8 Å². The fourth-order valence-electron chi connectivity index (χ4n) is 10.4. The summed E-state index contributed by atoms with van der Waals surface area (Å²) in [7, 11) is 0. The van der Waals surface area contributed by atoms with Gasteiger partial charge in [-0.3, -0.25) is 4.57 Å². The molecular weight excluding hydrogens is 789 g/mol. The summed E-state index contributed by atoms with van der Waals surface area (Å²) in [6.07, 6.45) is 1.25. The highest BCUT2D eigenvalue weighted by Gasteiger charge is 2.35. The van der Waals surface area contributed by atoms with Crippen LogP contribution in [0.4, 0.5) is 0 Å². The minimum absolute atomic E-state index is 0.0909. The van der Waals surface area contributed by atoms with Crippen LogP contribution in [-0.4, -0.2) is 19.5 Å². The lowest BCUT2D eigenvalue weighted by Gasteiger charge is -2.21. The Balaban J connectivity index is 0.00000144. The monoisotopic (exact) mass is 834 g/mol. The average molecular weight is 835 g/mol. The number of fused-ring (bicyclic) bond motifs is 13. The smallest absolute Gasteiger partial charge is 0.238 e. The van der Waals surface area contributed by atoms with E-state index in [2.05, 4.69) is 226 Å². The van der Waals surface area contributed by atoms with E-state index in [1.54, 1.807) is 0 Å². The minimum atomic E-state index is -0.0909. The molecule has 0 atom stereocenters. The summed E-state index contributed by atoms with van der Waals surface area (Å²) in [5, 5.41) is 11.7. The molecule has 1 aliphatic carbocycles. The highest BCUT2D eigenvalue weighted by molar-refractivity contribution is 6.33. The summed E-state index contributed by atoms with van der Waals surface area (Å²) in [5.74, 6) is 1.82. The van der Waals surface area contributed by atoms with Crippen molar-refractivity contribution in [2.75, 3.05) is 0 Å². The molecule has 0 spiro atoms. The van der Waals surface area contributed by atoms with E-state index in [9.17, 15) is 0 Å². The zero-order valence-corrected chi connectivity index (χ0v) is 37.0. The lowest BCUT2D eigenvalue weighted by molar-refractivity contribution is 0.660. The Morgan fingerprint density at radius 1 is 0.385 bits per heavy atom. The number of hydrogen-bond donors (Lipinski definition) is 0. The molecule has 0 bridgehead atoms. The molecule has 0 fully saturated rings. The van der Waals surface area contributed by atoms with Crippen molar-refractivity contribution >= 4 is 64.9 Å². The van der Waals surface area contributed by atoms with E-state index in [1.165, 1.54) is 61.0 Å². The average Bonchev–Trinajstić information content (AvgIpc) is 3.83. The van der Waals surface area contributed by atoms with Gasteiger partial charge in [-0.05, 0) is 83.7 Å². The quantitative estimate of drug-likeness (QED) is 0.166. The first-order chi connectivity index (χ1) is 31.9. The third kappa shape index (κ3) is 6.08. The topological polar surface area (TPSA) is 43.6 Å². The molecule has 10 aromatic carbocycles. The van der Waals surface area contributed by atoms with Crippen LogP contribution in [-0.2, 0) is 5.41 Å². The van der Waals surface area contributed by atoms with E-state index in [4.69, 9.17) is 15.0 Å². The molecule has 0 radical (unpaired) electrons. The summed E-state index contributed by atoms with van der Waals surface area (Å²) >= 11 is 0. The van der Waals surface area contributed by atoms with Gasteiger partial charge < -0.3 is 0 Å². The number of aromatic nitrogens is 4. The van der Waals surface area contributed by atoms with Gasteiger partial charge >= 0.3 is 0 Å². The van der Waals surface area contributed by atoms with Gasteiger partial charge in [0.1, 0.15) is 0 Å². The molecule has 13 rings (SSSR count). The summed E-state index contributed by atoms with van der Waals surface area (Å²) in [6.45, 7) is 8.93. The number of rotatable bonds is 4. The summed E-state index contributed by atoms with van der Waals surface area (Å²) in [5.41, 5.74) is 11.5. The molecule has 12 aromatic rings. The first-order valence-electron chi connectivity index (χ1n) is 22.8. The van der Waals surface area contributed by atoms with Crippen molar-refractivity contribution in [1.29, 1.82) is 0 Å². The van der Waals surface area contributed by atoms with Gasteiger partial charge in [-0.1, -0.05) is 210 Å². The summed E-state index contributed by atoms with van der Waals surface area (Å²) in [4.78, 5) is 16.3. The van der Waals surface area contributed by atoms with Crippen molar-refractivity contribution in [2.45, 2.75) is 39.5 Å². The SMILES string of the molecule is CC1(C)c2ccccc2-c2cc(-c3cccc4c5c6ccccc6c6ccccc6c5n(-c5nc(-c6ccc7ccccc7c6)nc(-c6ccc7ccccc7c6)n5)c34)ccc21.CCC. The predicted octanol–water partition coefficient (Wildman–Crippen LogP) is 16.3. The highest BCUT2D eigenvalue weighted by atomic mass is 15.2. The number of benzene rings is 10. The molecule has 4 heteroatoms. The maximum atomic E-state index is 5.51. The Bertz CT molecular complexity index is 3780. The minimum Gasteiger partial charge on any atom is -0.277 e. The van der Waals surface area contributed by atoms with Crippen LogP contribution in [0.2, 0.25) is 0 Å². The normalized spacial score (nSPS) is 12.8. The van der Waals surface area contributed by atoms with Crippen molar-refractivity contribution in [3.8, 4) is 51.0 Å². The Hall–Kier alpha value is -7.95. The van der Waals surface area contributed by atoms with Gasteiger partial charge in [0.25, 0.3) is 0 Å². The van der Waals surface area contributed by atoms with Crippen LogP contribution in [0.3, 0.4) is 0 Å². The fraction of sp³-hybridized carbons (Fsp3) is 0.0984. The van der Waals surface area contributed by atoms with Crippen molar-refractivity contribution in [3.05, 3.63) is 205 Å². The lowest BCUT2D eigenvalue weighted by Crippen LogP contribution is -2.14.